The molecular formula is C31H31BrN4O9S. The molecule has 2 N–H and O–H groups in total. The zero-order chi connectivity index (χ0) is 33.4. The zero-order valence-electron chi connectivity index (χ0n) is 25.2. The largest absolute Gasteiger partial charge is 0.463 e. The van der Waals surface area contributed by atoms with Crippen molar-refractivity contribution in [3.05, 3.63) is 65.1 Å². The minimum Gasteiger partial charge on any atom is -0.463 e. The van der Waals surface area contributed by atoms with Crippen LogP contribution < -0.4 is 10.6 Å². The molecule has 5 atom stereocenters. The topological polar surface area (TPSA) is 164 Å². The number of halogens is 1. The Morgan fingerprint density at radius 3 is 1.89 bits per heavy atom. The predicted octanol–water partition coefficient (Wildman–Crippen LogP) is 3.94. The molecule has 0 bridgehead atoms. The maximum atomic E-state index is 12.2. The quantitative estimate of drug-likeness (QED) is 0.186. The first-order valence-corrected chi connectivity index (χ1v) is 15.2. The van der Waals surface area contributed by atoms with Crippen LogP contribution in [0, 0.1) is 0 Å². The van der Waals surface area contributed by atoms with Gasteiger partial charge in [-0.2, -0.15) is 0 Å². The first kappa shape index (κ1) is 34.4. The minimum absolute atomic E-state index is 0.0483. The SMILES string of the molecule is CC(=O)OC[C@H]1O[C@@H](NC(=S)Nc2nc(-c3ccccc3)cc(-c3ccc(Br)cc3)n2)[C@H](OC(C)=O)[C@@H](OC(C)=O)[C@@H]1OC(C)=O. The van der Waals surface area contributed by atoms with Gasteiger partial charge in [-0.05, 0) is 30.4 Å². The molecule has 0 spiro atoms. The van der Waals surface area contributed by atoms with Gasteiger partial charge in [0, 0.05) is 43.3 Å². The molecule has 2 aromatic carbocycles. The molecular weight excluding hydrogens is 684 g/mol. The average Bonchev–Trinajstić information content (AvgIpc) is 2.99. The number of aromatic nitrogens is 2. The number of rotatable bonds is 9. The molecule has 2 heterocycles. The van der Waals surface area contributed by atoms with E-state index in [4.69, 9.17) is 35.9 Å². The van der Waals surface area contributed by atoms with E-state index in [0.717, 1.165) is 36.4 Å². The lowest BCUT2D eigenvalue weighted by atomic mass is 9.97. The third-order valence-electron chi connectivity index (χ3n) is 6.43. The van der Waals surface area contributed by atoms with Crippen molar-refractivity contribution in [3.63, 3.8) is 0 Å². The lowest BCUT2D eigenvalue weighted by Gasteiger charge is -2.44. The molecule has 0 amide bonds. The van der Waals surface area contributed by atoms with Gasteiger partial charge < -0.3 is 34.3 Å². The van der Waals surface area contributed by atoms with Crippen LogP contribution in [0.5, 0.6) is 0 Å². The molecule has 1 aromatic heterocycles. The lowest BCUT2D eigenvalue weighted by molar-refractivity contribution is -0.254. The van der Waals surface area contributed by atoms with Gasteiger partial charge in [0.1, 0.15) is 12.7 Å². The molecule has 1 aliphatic heterocycles. The summed E-state index contributed by atoms with van der Waals surface area (Å²) in [5.74, 6) is -2.72. The number of nitrogens with one attached hydrogen (secondary N) is 2. The van der Waals surface area contributed by atoms with Gasteiger partial charge in [0.15, 0.2) is 29.7 Å². The highest BCUT2D eigenvalue weighted by Crippen LogP contribution is 2.29. The van der Waals surface area contributed by atoms with Crippen LogP contribution in [0.2, 0.25) is 0 Å². The van der Waals surface area contributed by atoms with Crippen molar-refractivity contribution in [1.82, 2.24) is 15.3 Å². The Kier molecular flexibility index (Phi) is 11.7. The van der Waals surface area contributed by atoms with E-state index in [1.54, 1.807) is 0 Å². The number of esters is 4. The van der Waals surface area contributed by atoms with E-state index in [1.807, 2.05) is 60.7 Å². The highest BCUT2D eigenvalue weighted by Gasteiger charge is 2.52. The molecule has 4 rings (SSSR count). The van der Waals surface area contributed by atoms with Crippen molar-refractivity contribution >= 4 is 63.1 Å². The van der Waals surface area contributed by atoms with Crippen LogP contribution in [0.25, 0.3) is 22.5 Å². The van der Waals surface area contributed by atoms with Crippen LogP contribution in [0.1, 0.15) is 27.7 Å². The van der Waals surface area contributed by atoms with Gasteiger partial charge in [0.05, 0.1) is 11.4 Å². The number of hydrogen-bond acceptors (Lipinski definition) is 12. The Bertz CT molecular complexity index is 1590. The summed E-state index contributed by atoms with van der Waals surface area (Å²) in [5, 5.41) is 5.81. The second-order valence-corrected chi connectivity index (χ2v) is 11.4. The van der Waals surface area contributed by atoms with Gasteiger partial charge in [-0.3, -0.25) is 19.2 Å². The van der Waals surface area contributed by atoms with Crippen molar-refractivity contribution in [3.8, 4) is 22.5 Å². The van der Waals surface area contributed by atoms with Gasteiger partial charge in [-0.25, -0.2) is 9.97 Å². The van der Waals surface area contributed by atoms with Crippen LogP contribution in [-0.4, -0.2) is 76.2 Å². The Hall–Kier alpha value is -4.47. The van der Waals surface area contributed by atoms with E-state index in [0.29, 0.717) is 11.4 Å². The smallest absolute Gasteiger partial charge is 0.303 e. The third kappa shape index (κ3) is 9.52. The van der Waals surface area contributed by atoms with Crippen LogP contribution in [0.15, 0.2) is 65.1 Å². The molecule has 0 aliphatic carbocycles. The minimum atomic E-state index is -1.36. The lowest BCUT2D eigenvalue weighted by Crippen LogP contribution is -2.66. The van der Waals surface area contributed by atoms with E-state index >= 15 is 0 Å². The van der Waals surface area contributed by atoms with E-state index in [2.05, 4.69) is 36.5 Å². The normalized spacial score (nSPS) is 20.5. The Labute approximate surface area is 278 Å². The number of benzene rings is 2. The fourth-order valence-electron chi connectivity index (χ4n) is 4.64. The van der Waals surface area contributed by atoms with E-state index < -0.39 is 54.5 Å². The van der Waals surface area contributed by atoms with Gasteiger partial charge in [0.25, 0.3) is 0 Å². The molecule has 242 valence electrons. The van der Waals surface area contributed by atoms with Crippen LogP contribution in [0.4, 0.5) is 5.95 Å². The van der Waals surface area contributed by atoms with Crippen molar-refractivity contribution in [2.75, 3.05) is 11.9 Å². The average molecular weight is 716 g/mol. The number of thiocarbonyl (C=S) groups is 1. The van der Waals surface area contributed by atoms with Crippen molar-refractivity contribution in [1.29, 1.82) is 0 Å². The summed E-state index contributed by atoms with van der Waals surface area (Å²) in [6.45, 7) is 4.24. The number of carbonyl (C=O) groups excluding carboxylic acids is 4. The second-order valence-electron chi connectivity index (χ2n) is 10.1. The first-order chi connectivity index (χ1) is 21.9. The molecule has 3 aromatic rings. The molecule has 1 saturated heterocycles. The predicted molar refractivity (Wildman–Crippen MR) is 172 cm³/mol. The van der Waals surface area contributed by atoms with Gasteiger partial charge in [-0.15, -0.1) is 0 Å². The summed E-state index contributed by atoms with van der Waals surface area (Å²) < 4.78 is 28.5. The maximum Gasteiger partial charge on any atom is 0.303 e. The standard InChI is InChI=1S/C31H31BrN4O9S/c1-16(37)41-15-25-26(42-17(2)38)27(43-18(3)39)28(44-19(4)40)29(45-25)35-31(46)36-30-33-23(20-8-6-5-7-9-20)14-24(34-30)21-10-12-22(32)13-11-21/h5-14,25-29H,15H2,1-4H3,(H2,33,34,35,36,46)/t25-,26-,27+,28-,29-/m1/s1. The monoisotopic (exact) mass is 714 g/mol. The Balaban J connectivity index is 1.66. The van der Waals surface area contributed by atoms with E-state index in [-0.39, 0.29) is 17.7 Å². The summed E-state index contributed by atoms with van der Waals surface area (Å²) in [6.07, 6.45) is -6.44. The highest BCUT2D eigenvalue weighted by atomic mass is 79.9. The molecule has 15 heteroatoms. The van der Waals surface area contributed by atoms with Crippen molar-refractivity contribution < 1.29 is 42.9 Å². The molecule has 13 nitrogen and oxygen atoms in total. The number of anilines is 1. The molecule has 1 fully saturated rings. The number of nitrogens with zero attached hydrogens (tertiary/aromatic N) is 2. The van der Waals surface area contributed by atoms with E-state index in [9.17, 15) is 19.2 Å². The molecule has 0 saturated carbocycles. The van der Waals surface area contributed by atoms with Gasteiger partial charge in [-0.1, -0.05) is 58.4 Å². The summed E-state index contributed by atoms with van der Waals surface area (Å²) in [4.78, 5) is 57.2. The maximum absolute atomic E-state index is 12.2. The molecule has 46 heavy (non-hydrogen) atoms. The third-order valence-corrected chi connectivity index (χ3v) is 7.17. The van der Waals surface area contributed by atoms with Crippen molar-refractivity contribution in [2.24, 2.45) is 0 Å². The molecule has 1 aliphatic rings. The van der Waals surface area contributed by atoms with Gasteiger partial charge in [0.2, 0.25) is 5.95 Å². The van der Waals surface area contributed by atoms with Crippen molar-refractivity contribution in [2.45, 2.75) is 58.3 Å². The van der Waals surface area contributed by atoms with Crippen LogP contribution >= 0.6 is 28.1 Å². The summed E-state index contributed by atoms with van der Waals surface area (Å²) in [7, 11) is 0. The number of hydrogen-bond donors (Lipinski definition) is 2. The zero-order valence-corrected chi connectivity index (χ0v) is 27.6. The summed E-state index contributed by atoms with van der Waals surface area (Å²) in [6, 6.07) is 18.9. The Morgan fingerprint density at radius 1 is 0.783 bits per heavy atom. The van der Waals surface area contributed by atoms with Crippen LogP contribution in [0.3, 0.4) is 0 Å². The second kappa shape index (κ2) is 15.7. The van der Waals surface area contributed by atoms with Crippen LogP contribution in [-0.2, 0) is 42.9 Å². The fraction of sp³-hybridized carbons (Fsp3) is 0.323. The summed E-state index contributed by atoms with van der Waals surface area (Å²) in [5.41, 5.74) is 2.89. The fourth-order valence-corrected chi connectivity index (χ4v) is 5.11. The Morgan fingerprint density at radius 2 is 1.33 bits per heavy atom. The first-order valence-electron chi connectivity index (χ1n) is 14.0. The summed E-state index contributed by atoms with van der Waals surface area (Å²) >= 11 is 9.03. The molecule has 0 radical (unpaired) electrons. The number of carbonyl (C=O) groups is 4. The number of ether oxygens (including phenoxy) is 5. The van der Waals surface area contributed by atoms with E-state index in [1.165, 1.54) is 6.92 Å². The highest BCUT2D eigenvalue weighted by molar-refractivity contribution is 9.10. The molecule has 0 unspecified atom stereocenters. The van der Waals surface area contributed by atoms with Gasteiger partial charge >= 0.3 is 23.9 Å².